The number of benzene rings is 2. The van der Waals surface area contributed by atoms with E-state index in [2.05, 4.69) is 16.7 Å². The Bertz CT molecular complexity index is 889. The van der Waals surface area contributed by atoms with E-state index < -0.39 is 0 Å². The summed E-state index contributed by atoms with van der Waals surface area (Å²) in [7, 11) is 0. The molecule has 2 aliphatic heterocycles. The maximum absolute atomic E-state index is 12.9. The number of fused-ring (bicyclic) bond motifs is 1. The monoisotopic (exact) mass is 393 g/mol. The van der Waals surface area contributed by atoms with Gasteiger partial charge in [0.15, 0.2) is 0 Å². The molecule has 0 radical (unpaired) electrons. The Morgan fingerprint density at radius 2 is 1.97 bits per heavy atom. The second kappa shape index (κ2) is 8.66. The summed E-state index contributed by atoms with van der Waals surface area (Å²) in [5.41, 5.74) is 4.90. The first-order valence-electron chi connectivity index (χ1n) is 10.2. The van der Waals surface area contributed by atoms with E-state index in [0.717, 1.165) is 48.2 Å². The van der Waals surface area contributed by atoms with Gasteiger partial charge in [0.05, 0.1) is 6.10 Å². The van der Waals surface area contributed by atoms with Gasteiger partial charge in [0.1, 0.15) is 0 Å². The van der Waals surface area contributed by atoms with Crippen molar-refractivity contribution in [3.8, 4) is 0 Å². The molecule has 2 aliphatic rings. The van der Waals surface area contributed by atoms with Crippen LogP contribution in [0, 0.1) is 6.92 Å². The molecular weight excluding hydrogens is 366 g/mol. The van der Waals surface area contributed by atoms with Crippen molar-refractivity contribution in [3.05, 3.63) is 64.7 Å². The molecule has 2 aromatic carbocycles. The van der Waals surface area contributed by atoms with Gasteiger partial charge in [0.25, 0.3) is 5.91 Å². The van der Waals surface area contributed by atoms with Crippen LogP contribution >= 0.6 is 0 Å². The topological polar surface area (TPSA) is 70.7 Å². The lowest BCUT2D eigenvalue weighted by Gasteiger charge is -2.18. The third kappa shape index (κ3) is 4.59. The van der Waals surface area contributed by atoms with Gasteiger partial charge >= 0.3 is 6.03 Å². The third-order valence-electron chi connectivity index (χ3n) is 5.56. The number of nitrogens with one attached hydrogen (secondary N) is 2. The van der Waals surface area contributed by atoms with Gasteiger partial charge in [0, 0.05) is 37.5 Å². The summed E-state index contributed by atoms with van der Waals surface area (Å²) < 4.78 is 5.51. The average molecular weight is 393 g/mol. The van der Waals surface area contributed by atoms with Gasteiger partial charge in [-0.2, -0.15) is 0 Å². The molecule has 1 fully saturated rings. The molecule has 2 heterocycles. The van der Waals surface area contributed by atoms with Crippen LogP contribution in [0.25, 0.3) is 0 Å². The highest BCUT2D eigenvalue weighted by Crippen LogP contribution is 2.30. The number of rotatable bonds is 5. The van der Waals surface area contributed by atoms with E-state index in [1.54, 1.807) is 0 Å². The number of ether oxygens (including phenoxy) is 1. The zero-order valence-electron chi connectivity index (χ0n) is 16.7. The fraction of sp³-hybridized carbons (Fsp3) is 0.391. The predicted octanol–water partition coefficient (Wildman–Crippen LogP) is 3.18. The van der Waals surface area contributed by atoms with Crippen LogP contribution in [-0.4, -0.2) is 37.7 Å². The second-order valence-electron chi connectivity index (χ2n) is 7.73. The van der Waals surface area contributed by atoms with Crippen molar-refractivity contribution in [3.63, 3.8) is 0 Å². The molecule has 4 rings (SSSR count). The highest BCUT2D eigenvalue weighted by Gasteiger charge is 2.25. The molecule has 0 spiro atoms. The Morgan fingerprint density at radius 3 is 2.72 bits per heavy atom. The fourth-order valence-corrected chi connectivity index (χ4v) is 3.85. The van der Waals surface area contributed by atoms with Crippen molar-refractivity contribution in [1.82, 2.24) is 10.6 Å². The number of urea groups is 1. The van der Waals surface area contributed by atoms with E-state index in [1.807, 2.05) is 48.2 Å². The number of amides is 3. The van der Waals surface area contributed by atoms with E-state index in [-0.39, 0.29) is 18.0 Å². The Morgan fingerprint density at radius 1 is 1.14 bits per heavy atom. The van der Waals surface area contributed by atoms with Crippen LogP contribution in [0.5, 0.6) is 0 Å². The smallest absolute Gasteiger partial charge is 0.315 e. The standard InChI is InChI=1S/C23H27N3O3/c1-16-4-7-19(8-5-16)22(27)26-11-10-18-9-6-17(13-21(18)26)14-24-23(28)25-15-20-3-2-12-29-20/h4-9,13,20H,2-3,10-12,14-15H2,1H3,(H2,24,25,28)/t20-/m1/s1. The van der Waals surface area contributed by atoms with E-state index in [4.69, 9.17) is 4.74 Å². The Labute approximate surface area is 171 Å². The first-order chi connectivity index (χ1) is 14.1. The van der Waals surface area contributed by atoms with Crippen LogP contribution in [0.1, 0.15) is 39.9 Å². The van der Waals surface area contributed by atoms with Crippen LogP contribution in [0.3, 0.4) is 0 Å². The number of nitrogens with zero attached hydrogens (tertiary/aromatic N) is 1. The van der Waals surface area contributed by atoms with Crippen LogP contribution in [0.4, 0.5) is 10.5 Å². The quantitative estimate of drug-likeness (QED) is 0.820. The summed E-state index contributed by atoms with van der Waals surface area (Å²) in [6, 6.07) is 13.5. The summed E-state index contributed by atoms with van der Waals surface area (Å²) >= 11 is 0. The van der Waals surface area contributed by atoms with Gasteiger partial charge in [-0.05, 0) is 55.5 Å². The van der Waals surface area contributed by atoms with Gasteiger partial charge in [-0.1, -0.05) is 29.8 Å². The van der Waals surface area contributed by atoms with Gasteiger partial charge in [0.2, 0.25) is 0 Å². The average Bonchev–Trinajstić information content (AvgIpc) is 3.40. The second-order valence-corrected chi connectivity index (χ2v) is 7.73. The lowest BCUT2D eigenvalue weighted by atomic mass is 10.1. The SMILES string of the molecule is Cc1ccc(C(=O)N2CCc3ccc(CNC(=O)NC[C@H]4CCCO4)cc32)cc1. The normalized spacial score (nSPS) is 17.8. The van der Waals surface area contributed by atoms with Gasteiger partial charge < -0.3 is 20.3 Å². The molecular formula is C23H27N3O3. The van der Waals surface area contributed by atoms with E-state index in [0.29, 0.717) is 25.2 Å². The van der Waals surface area contributed by atoms with Crippen molar-refractivity contribution >= 4 is 17.6 Å². The molecule has 0 aliphatic carbocycles. The molecule has 152 valence electrons. The van der Waals surface area contributed by atoms with Crippen molar-refractivity contribution in [1.29, 1.82) is 0 Å². The lowest BCUT2D eigenvalue weighted by Crippen LogP contribution is -2.39. The van der Waals surface area contributed by atoms with E-state index >= 15 is 0 Å². The largest absolute Gasteiger partial charge is 0.376 e. The lowest BCUT2D eigenvalue weighted by molar-refractivity contribution is 0.0989. The highest BCUT2D eigenvalue weighted by molar-refractivity contribution is 6.07. The fourth-order valence-electron chi connectivity index (χ4n) is 3.85. The Hall–Kier alpha value is -2.86. The highest BCUT2D eigenvalue weighted by atomic mass is 16.5. The Kier molecular flexibility index (Phi) is 5.81. The third-order valence-corrected chi connectivity index (χ3v) is 5.56. The van der Waals surface area contributed by atoms with E-state index in [9.17, 15) is 9.59 Å². The number of carbonyl (C=O) groups excluding carboxylic acids is 2. The van der Waals surface area contributed by atoms with Crippen molar-refractivity contribution < 1.29 is 14.3 Å². The minimum Gasteiger partial charge on any atom is -0.376 e. The van der Waals surface area contributed by atoms with Crippen molar-refractivity contribution in [2.45, 2.75) is 38.8 Å². The first kappa shape index (κ1) is 19.5. The predicted molar refractivity (Wildman–Crippen MR) is 112 cm³/mol. The maximum Gasteiger partial charge on any atom is 0.315 e. The molecule has 6 nitrogen and oxygen atoms in total. The van der Waals surface area contributed by atoms with Crippen LogP contribution in [-0.2, 0) is 17.7 Å². The maximum atomic E-state index is 12.9. The molecule has 2 N–H and O–H groups in total. The molecule has 0 unspecified atom stereocenters. The molecule has 6 heteroatoms. The summed E-state index contributed by atoms with van der Waals surface area (Å²) in [6.45, 7) is 4.42. The summed E-state index contributed by atoms with van der Waals surface area (Å²) in [6.07, 6.45) is 3.03. The summed E-state index contributed by atoms with van der Waals surface area (Å²) in [5.74, 6) is 0.0168. The van der Waals surface area contributed by atoms with Gasteiger partial charge in [-0.3, -0.25) is 4.79 Å². The molecule has 2 aromatic rings. The number of hydrogen-bond donors (Lipinski definition) is 2. The van der Waals surface area contributed by atoms with Crippen LogP contribution in [0.2, 0.25) is 0 Å². The summed E-state index contributed by atoms with van der Waals surface area (Å²) in [4.78, 5) is 26.8. The minimum absolute atomic E-state index is 0.0168. The summed E-state index contributed by atoms with van der Waals surface area (Å²) in [5, 5.41) is 5.75. The first-order valence-corrected chi connectivity index (χ1v) is 10.2. The zero-order chi connectivity index (χ0) is 20.2. The zero-order valence-corrected chi connectivity index (χ0v) is 16.7. The number of carbonyl (C=O) groups is 2. The van der Waals surface area contributed by atoms with Gasteiger partial charge in [-0.15, -0.1) is 0 Å². The molecule has 0 aromatic heterocycles. The Balaban J connectivity index is 1.37. The van der Waals surface area contributed by atoms with E-state index in [1.165, 1.54) is 0 Å². The van der Waals surface area contributed by atoms with Crippen molar-refractivity contribution in [2.75, 3.05) is 24.6 Å². The molecule has 0 saturated carbocycles. The number of aryl methyl sites for hydroxylation is 1. The minimum atomic E-state index is -0.200. The van der Waals surface area contributed by atoms with Gasteiger partial charge in [-0.25, -0.2) is 4.79 Å². The number of hydrogen-bond acceptors (Lipinski definition) is 3. The molecule has 0 bridgehead atoms. The molecule has 1 saturated heterocycles. The molecule has 1 atom stereocenters. The van der Waals surface area contributed by atoms with Crippen LogP contribution < -0.4 is 15.5 Å². The molecule has 29 heavy (non-hydrogen) atoms. The van der Waals surface area contributed by atoms with Crippen molar-refractivity contribution in [2.24, 2.45) is 0 Å². The molecule has 3 amide bonds. The van der Waals surface area contributed by atoms with Crippen LogP contribution in [0.15, 0.2) is 42.5 Å². The number of anilines is 1.